The third-order valence-corrected chi connectivity index (χ3v) is 2.92. The van der Waals surface area contributed by atoms with E-state index in [0.717, 1.165) is 10.5 Å². The SMILES string of the molecule is CSc1cc(C(O)C(=O)O)c(F)cc1C. The van der Waals surface area contributed by atoms with E-state index in [9.17, 15) is 14.3 Å². The largest absolute Gasteiger partial charge is 0.479 e. The predicted octanol–water partition coefficient (Wildman–Crippen LogP) is 1.97. The Bertz CT molecular complexity index is 392. The van der Waals surface area contributed by atoms with E-state index in [1.807, 2.05) is 0 Å². The number of benzene rings is 1. The molecule has 0 saturated carbocycles. The number of aliphatic carboxylic acids is 1. The minimum atomic E-state index is -1.81. The minimum Gasteiger partial charge on any atom is -0.479 e. The molecule has 0 aliphatic carbocycles. The number of rotatable bonds is 3. The lowest BCUT2D eigenvalue weighted by Crippen LogP contribution is -2.12. The van der Waals surface area contributed by atoms with Gasteiger partial charge in [-0.3, -0.25) is 0 Å². The molecule has 0 aliphatic rings. The predicted molar refractivity (Wildman–Crippen MR) is 55.5 cm³/mol. The topological polar surface area (TPSA) is 57.5 Å². The summed E-state index contributed by atoms with van der Waals surface area (Å²) in [5, 5.41) is 17.8. The number of aliphatic hydroxyl groups excluding tert-OH is 1. The molecule has 15 heavy (non-hydrogen) atoms. The minimum absolute atomic E-state index is 0.197. The van der Waals surface area contributed by atoms with Crippen molar-refractivity contribution in [3.8, 4) is 0 Å². The van der Waals surface area contributed by atoms with Crippen LogP contribution in [0.4, 0.5) is 4.39 Å². The van der Waals surface area contributed by atoms with Crippen molar-refractivity contribution in [1.29, 1.82) is 0 Å². The van der Waals surface area contributed by atoms with Crippen LogP contribution in [-0.2, 0) is 4.79 Å². The van der Waals surface area contributed by atoms with Crippen LogP contribution < -0.4 is 0 Å². The molecule has 0 radical (unpaired) electrons. The summed E-state index contributed by atoms with van der Waals surface area (Å²) in [5.41, 5.74) is 0.527. The van der Waals surface area contributed by atoms with Crippen LogP contribution in [0, 0.1) is 12.7 Å². The van der Waals surface area contributed by atoms with Crippen molar-refractivity contribution in [1.82, 2.24) is 0 Å². The molecule has 82 valence electrons. The van der Waals surface area contributed by atoms with E-state index in [-0.39, 0.29) is 5.56 Å². The zero-order chi connectivity index (χ0) is 11.6. The van der Waals surface area contributed by atoms with E-state index in [2.05, 4.69) is 0 Å². The Labute approximate surface area is 90.9 Å². The van der Waals surface area contributed by atoms with Gasteiger partial charge < -0.3 is 10.2 Å². The van der Waals surface area contributed by atoms with Crippen molar-refractivity contribution in [2.24, 2.45) is 0 Å². The maximum absolute atomic E-state index is 13.3. The summed E-state index contributed by atoms with van der Waals surface area (Å²) >= 11 is 1.38. The molecule has 0 bridgehead atoms. The molecule has 0 heterocycles. The Morgan fingerprint density at radius 1 is 1.53 bits per heavy atom. The zero-order valence-electron chi connectivity index (χ0n) is 8.32. The van der Waals surface area contributed by atoms with Crippen LogP contribution >= 0.6 is 11.8 Å². The highest BCUT2D eigenvalue weighted by Gasteiger charge is 2.21. The lowest BCUT2D eigenvalue weighted by molar-refractivity contribution is -0.147. The standard InChI is InChI=1S/C10H11FO3S/c1-5-3-7(11)6(4-8(5)15-2)9(12)10(13)14/h3-4,9,12H,1-2H3,(H,13,14). The number of carboxylic acid groups (broad SMARTS) is 1. The van der Waals surface area contributed by atoms with Crippen LogP contribution in [0.3, 0.4) is 0 Å². The van der Waals surface area contributed by atoms with Gasteiger partial charge in [0.1, 0.15) is 5.82 Å². The van der Waals surface area contributed by atoms with Crippen molar-refractivity contribution in [3.05, 3.63) is 29.1 Å². The maximum Gasteiger partial charge on any atom is 0.337 e. The molecule has 1 rings (SSSR count). The molecule has 1 aromatic carbocycles. The molecule has 2 N–H and O–H groups in total. The summed E-state index contributed by atoms with van der Waals surface area (Å²) in [4.78, 5) is 11.3. The quantitative estimate of drug-likeness (QED) is 0.779. The Morgan fingerprint density at radius 3 is 2.60 bits per heavy atom. The van der Waals surface area contributed by atoms with Gasteiger partial charge in [0, 0.05) is 10.5 Å². The molecule has 1 unspecified atom stereocenters. The van der Waals surface area contributed by atoms with Crippen LogP contribution in [0.5, 0.6) is 0 Å². The number of hydrogen-bond acceptors (Lipinski definition) is 3. The van der Waals surface area contributed by atoms with Gasteiger partial charge in [-0.25, -0.2) is 9.18 Å². The van der Waals surface area contributed by atoms with Gasteiger partial charge in [-0.2, -0.15) is 0 Å². The molecule has 0 fully saturated rings. The molecule has 5 heteroatoms. The van der Waals surface area contributed by atoms with E-state index < -0.39 is 17.9 Å². The average molecular weight is 230 g/mol. The van der Waals surface area contributed by atoms with E-state index in [1.165, 1.54) is 23.9 Å². The van der Waals surface area contributed by atoms with Crippen LogP contribution in [0.1, 0.15) is 17.2 Å². The van der Waals surface area contributed by atoms with Gasteiger partial charge >= 0.3 is 5.97 Å². The third kappa shape index (κ3) is 2.49. The lowest BCUT2D eigenvalue weighted by atomic mass is 10.1. The van der Waals surface area contributed by atoms with Gasteiger partial charge in [0.25, 0.3) is 0 Å². The van der Waals surface area contributed by atoms with Gasteiger partial charge in [-0.05, 0) is 30.9 Å². The molecule has 0 aliphatic heterocycles. The fourth-order valence-electron chi connectivity index (χ4n) is 1.23. The van der Waals surface area contributed by atoms with Crippen LogP contribution in [0.2, 0.25) is 0 Å². The summed E-state index contributed by atoms with van der Waals surface area (Å²) in [6.07, 6.45) is -0.00605. The first-order chi connectivity index (χ1) is 6.97. The first kappa shape index (κ1) is 12.0. The second-order valence-corrected chi connectivity index (χ2v) is 3.93. The molecule has 3 nitrogen and oxygen atoms in total. The number of aliphatic hydroxyl groups is 1. The third-order valence-electron chi connectivity index (χ3n) is 2.04. The molecule has 0 amide bonds. The fraction of sp³-hybridized carbons (Fsp3) is 0.300. The van der Waals surface area contributed by atoms with Gasteiger partial charge in [0.05, 0.1) is 0 Å². The number of carbonyl (C=O) groups is 1. The van der Waals surface area contributed by atoms with Gasteiger partial charge in [0.2, 0.25) is 0 Å². The van der Waals surface area contributed by atoms with Crippen LogP contribution in [-0.4, -0.2) is 22.4 Å². The lowest BCUT2D eigenvalue weighted by Gasteiger charge is -2.10. The molecule has 1 aromatic rings. The highest BCUT2D eigenvalue weighted by atomic mass is 32.2. The van der Waals surface area contributed by atoms with Gasteiger partial charge in [-0.15, -0.1) is 11.8 Å². The monoisotopic (exact) mass is 230 g/mol. The Morgan fingerprint density at radius 2 is 2.13 bits per heavy atom. The van der Waals surface area contributed by atoms with Crippen molar-refractivity contribution >= 4 is 17.7 Å². The smallest absolute Gasteiger partial charge is 0.337 e. The average Bonchev–Trinajstić information content (AvgIpc) is 2.17. The van der Waals surface area contributed by atoms with Crippen molar-refractivity contribution in [2.75, 3.05) is 6.26 Å². The van der Waals surface area contributed by atoms with E-state index >= 15 is 0 Å². The first-order valence-corrected chi connectivity index (χ1v) is 5.44. The van der Waals surface area contributed by atoms with Crippen molar-refractivity contribution < 1.29 is 19.4 Å². The number of carboxylic acids is 1. The summed E-state index contributed by atoms with van der Waals surface area (Å²) in [6, 6.07) is 2.60. The number of thioether (sulfide) groups is 1. The highest BCUT2D eigenvalue weighted by Crippen LogP contribution is 2.27. The molecule has 0 aromatic heterocycles. The van der Waals surface area contributed by atoms with Crippen LogP contribution in [0.15, 0.2) is 17.0 Å². The highest BCUT2D eigenvalue weighted by molar-refractivity contribution is 7.98. The first-order valence-electron chi connectivity index (χ1n) is 4.22. The van der Waals surface area contributed by atoms with E-state index in [0.29, 0.717) is 0 Å². The van der Waals surface area contributed by atoms with Crippen molar-refractivity contribution in [3.63, 3.8) is 0 Å². The number of halogens is 1. The van der Waals surface area contributed by atoms with Gasteiger partial charge in [0.15, 0.2) is 6.10 Å². The van der Waals surface area contributed by atoms with E-state index in [1.54, 1.807) is 13.2 Å². The molecular formula is C10H11FO3S. The molecular weight excluding hydrogens is 219 g/mol. The number of aryl methyl sites for hydroxylation is 1. The fourth-order valence-corrected chi connectivity index (χ4v) is 1.86. The summed E-state index contributed by atoms with van der Waals surface area (Å²) in [6.45, 7) is 1.73. The zero-order valence-corrected chi connectivity index (χ0v) is 9.14. The summed E-state index contributed by atoms with van der Waals surface area (Å²) in [5.74, 6) is -2.15. The van der Waals surface area contributed by atoms with E-state index in [4.69, 9.17) is 5.11 Å². The summed E-state index contributed by atoms with van der Waals surface area (Å²) in [7, 11) is 0. The van der Waals surface area contributed by atoms with Crippen LogP contribution in [0.25, 0.3) is 0 Å². The molecule has 0 spiro atoms. The number of hydrogen-bond donors (Lipinski definition) is 2. The molecule has 0 saturated heterocycles. The maximum atomic E-state index is 13.3. The second kappa shape index (κ2) is 4.63. The summed E-state index contributed by atoms with van der Waals surface area (Å²) < 4.78 is 13.3. The normalized spacial score (nSPS) is 12.5. The Balaban J connectivity index is 3.24. The van der Waals surface area contributed by atoms with Crippen molar-refractivity contribution in [2.45, 2.75) is 17.9 Å². The Hall–Kier alpha value is -1.07. The second-order valence-electron chi connectivity index (χ2n) is 3.08. The van der Waals surface area contributed by atoms with Gasteiger partial charge in [-0.1, -0.05) is 0 Å². The molecule has 1 atom stereocenters. The Kier molecular flexibility index (Phi) is 3.71.